The molecule has 0 heterocycles. The molecule has 0 aliphatic carbocycles. The molecule has 0 spiro atoms. The van der Waals surface area contributed by atoms with Crippen molar-refractivity contribution in [1.29, 1.82) is 0 Å². The van der Waals surface area contributed by atoms with Crippen molar-refractivity contribution in [2.75, 3.05) is 0 Å². The fourth-order valence-electron chi connectivity index (χ4n) is 1.75. The van der Waals surface area contributed by atoms with Crippen LogP contribution in [0.25, 0.3) is 11.1 Å². The molecule has 0 radical (unpaired) electrons. The summed E-state index contributed by atoms with van der Waals surface area (Å²) in [6, 6.07) is 10.0. The van der Waals surface area contributed by atoms with E-state index in [1.54, 1.807) is 12.1 Å². The Morgan fingerprint density at radius 2 is 1.56 bits per heavy atom. The minimum atomic E-state index is -0.432. The number of benzene rings is 2. The van der Waals surface area contributed by atoms with E-state index in [2.05, 4.69) is 0 Å². The molecule has 0 aromatic heterocycles. The molecule has 0 bridgehead atoms. The Balaban J connectivity index is 2.45. The first kappa shape index (κ1) is 13.3. The van der Waals surface area contributed by atoms with Crippen LogP contribution in [-0.2, 0) is 0 Å². The Morgan fingerprint density at radius 1 is 1.00 bits per heavy atom. The van der Waals surface area contributed by atoms with E-state index in [4.69, 9.17) is 28.9 Å². The molecule has 94 valence electrons. The van der Waals surface area contributed by atoms with Crippen molar-refractivity contribution in [2.24, 2.45) is 5.73 Å². The predicted molar refractivity (Wildman–Crippen MR) is 74.5 cm³/mol. The third-order valence-corrected chi connectivity index (χ3v) is 3.36. The van der Waals surface area contributed by atoms with Gasteiger partial charge in [0.05, 0.1) is 5.02 Å². The topological polar surface area (TPSA) is 26.0 Å². The Kier molecular flexibility index (Phi) is 3.91. The summed E-state index contributed by atoms with van der Waals surface area (Å²) in [7, 11) is 0. The van der Waals surface area contributed by atoms with E-state index in [9.17, 15) is 4.39 Å². The van der Waals surface area contributed by atoms with Gasteiger partial charge in [-0.05, 0) is 41.8 Å². The molecule has 2 rings (SSSR count). The average molecular weight is 284 g/mol. The number of halogens is 3. The summed E-state index contributed by atoms with van der Waals surface area (Å²) in [5.41, 5.74) is 8.37. The lowest BCUT2D eigenvalue weighted by atomic mass is 10.0. The Labute approximate surface area is 115 Å². The molecule has 0 saturated heterocycles. The fourth-order valence-corrected chi connectivity index (χ4v) is 2.28. The van der Waals surface area contributed by atoms with Crippen molar-refractivity contribution >= 4 is 23.2 Å². The smallest absolute Gasteiger partial charge is 0.141 e. The van der Waals surface area contributed by atoms with Gasteiger partial charge in [-0.3, -0.25) is 0 Å². The molecule has 2 aromatic rings. The van der Waals surface area contributed by atoms with Crippen LogP contribution in [0.3, 0.4) is 0 Å². The van der Waals surface area contributed by atoms with Gasteiger partial charge in [-0.1, -0.05) is 41.4 Å². The number of nitrogens with two attached hydrogens (primary N) is 1. The first-order valence-electron chi connectivity index (χ1n) is 5.49. The van der Waals surface area contributed by atoms with Crippen LogP contribution in [0.2, 0.25) is 10.0 Å². The van der Waals surface area contributed by atoms with Gasteiger partial charge in [0.15, 0.2) is 0 Å². The zero-order valence-electron chi connectivity index (χ0n) is 9.75. The Hall–Kier alpha value is -1.09. The van der Waals surface area contributed by atoms with Gasteiger partial charge in [-0.25, -0.2) is 4.39 Å². The van der Waals surface area contributed by atoms with Crippen LogP contribution < -0.4 is 5.73 Å². The van der Waals surface area contributed by atoms with Crippen molar-refractivity contribution in [1.82, 2.24) is 0 Å². The zero-order valence-corrected chi connectivity index (χ0v) is 11.3. The van der Waals surface area contributed by atoms with Gasteiger partial charge in [0.2, 0.25) is 0 Å². The maximum atomic E-state index is 13.1. The monoisotopic (exact) mass is 283 g/mol. The summed E-state index contributed by atoms with van der Waals surface area (Å²) in [6.45, 7) is 1.87. The second kappa shape index (κ2) is 5.27. The minimum Gasteiger partial charge on any atom is -0.324 e. The number of rotatable bonds is 2. The molecule has 1 nitrogen and oxygen atoms in total. The van der Waals surface area contributed by atoms with Crippen LogP contribution in [0.5, 0.6) is 0 Å². The molecule has 1 unspecified atom stereocenters. The molecule has 18 heavy (non-hydrogen) atoms. The van der Waals surface area contributed by atoms with E-state index in [1.165, 1.54) is 6.07 Å². The van der Waals surface area contributed by atoms with Crippen LogP contribution in [-0.4, -0.2) is 0 Å². The van der Waals surface area contributed by atoms with Gasteiger partial charge in [-0.15, -0.1) is 0 Å². The van der Waals surface area contributed by atoms with E-state index >= 15 is 0 Å². The Morgan fingerprint density at radius 3 is 2.06 bits per heavy atom. The van der Waals surface area contributed by atoms with Crippen molar-refractivity contribution in [3.05, 3.63) is 57.8 Å². The lowest BCUT2D eigenvalue weighted by Crippen LogP contribution is -2.05. The second-order valence-electron chi connectivity index (χ2n) is 4.15. The summed E-state index contributed by atoms with van der Waals surface area (Å²) in [5, 5.41) is 0.697. The molecule has 0 aliphatic heterocycles. The Bertz CT molecular complexity index is 582. The molecular formula is C14H12Cl2FN. The van der Waals surface area contributed by atoms with Crippen molar-refractivity contribution in [3.63, 3.8) is 0 Å². The van der Waals surface area contributed by atoms with Gasteiger partial charge in [-0.2, -0.15) is 0 Å². The molecule has 2 aromatic carbocycles. The predicted octanol–water partition coefficient (Wildman–Crippen LogP) is 4.82. The quantitative estimate of drug-likeness (QED) is 0.840. The van der Waals surface area contributed by atoms with Gasteiger partial charge < -0.3 is 5.73 Å². The van der Waals surface area contributed by atoms with E-state index < -0.39 is 5.82 Å². The van der Waals surface area contributed by atoms with Crippen LogP contribution >= 0.6 is 23.2 Å². The first-order chi connectivity index (χ1) is 8.49. The average Bonchev–Trinajstić information content (AvgIpc) is 2.32. The molecule has 0 fully saturated rings. The fraction of sp³-hybridized carbons (Fsp3) is 0.143. The summed E-state index contributed by atoms with van der Waals surface area (Å²) >= 11 is 11.9. The highest BCUT2D eigenvalue weighted by Gasteiger charge is 2.08. The highest BCUT2D eigenvalue weighted by Crippen LogP contribution is 2.30. The maximum Gasteiger partial charge on any atom is 0.141 e. The van der Waals surface area contributed by atoms with Crippen LogP contribution in [0.1, 0.15) is 18.5 Å². The highest BCUT2D eigenvalue weighted by molar-refractivity contribution is 6.32. The standard InChI is InChI=1S/C14H12Cl2FN/c1-8(18)11-4-2-9(6-12(11)15)10-3-5-14(17)13(16)7-10/h2-8H,18H2,1H3. The molecule has 2 N–H and O–H groups in total. The molecule has 0 aliphatic rings. The lowest BCUT2D eigenvalue weighted by Gasteiger charge is -2.10. The van der Waals surface area contributed by atoms with Crippen molar-refractivity contribution < 1.29 is 4.39 Å². The normalized spacial score (nSPS) is 12.5. The van der Waals surface area contributed by atoms with E-state index in [0.717, 1.165) is 16.7 Å². The van der Waals surface area contributed by atoms with Crippen LogP contribution in [0.4, 0.5) is 4.39 Å². The highest BCUT2D eigenvalue weighted by atomic mass is 35.5. The first-order valence-corrected chi connectivity index (χ1v) is 6.25. The van der Waals surface area contributed by atoms with E-state index in [0.29, 0.717) is 5.02 Å². The third-order valence-electron chi connectivity index (χ3n) is 2.74. The second-order valence-corrected chi connectivity index (χ2v) is 4.97. The van der Waals surface area contributed by atoms with Crippen molar-refractivity contribution in [2.45, 2.75) is 13.0 Å². The largest absolute Gasteiger partial charge is 0.324 e. The maximum absolute atomic E-state index is 13.1. The summed E-state index contributed by atoms with van der Waals surface area (Å²) < 4.78 is 13.1. The number of hydrogen-bond acceptors (Lipinski definition) is 1. The molecular weight excluding hydrogens is 272 g/mol. The summed E-state index contributed by atoms with van der Waals surface area (Å²) in [5.74, 6) is -0.432. The molecule has 0 saturated carbocycles. The van der Waals surface area contributed by atoms with Gasteiger partial charge >= 0.3 is 0 Å². The van der Waals surface area contributed by atoms with Gasteiger partial charge in [0, 0.05) is 11.1 Å². The summed E-state index contributed by atoms with van der Waals surface area (Å²) in [6.07, 6.45) is 0. The molecule has 1 atom stereocenters. The van der Waals surface area contributed by atoms with Crippen LogP contribution in [0.15, 0.2) is 36.4 Å². The number of hydrogen-bond donors (Lipinski definition) is 1. The van der Waals surface area contributed by atoms with Crippen molar-refractivity contribution in [3.8, 4) is 11.1 Å². The SMILES string of the molecule is CC(N)c1ccc(-c2ccc(F)c(Cl)c2)cc1Cl. The molecule has 0 amide bonds. The molecule has 4 heteroatoms. The third kappa shape index (κ3) is 2.66. The van der Waals surface area contributed by atoms with Gasteiger partial charge in [0.25, 0.3) is 0 Å². The van der Waals surface area contributed by atoms with E-state index in [-0.39, 0.29) is 11.1 Å². The van der Waals surface area contributed by atoms with E-state index in [1.807, 2.05) is 25.1 Å². The van der Waals surface area contributed by atoms with Gasteiger partial charge in [0.1, 0.15) is 5.82 Å². The zero-order chi connectivity index (χ0) is 13.3. The summed E-state index contributed by atoms with van der Waals surface area (Å²) in [4.78, 5) is 0. The van der Waals surface area contributed by atoms with Crippen LogP contribution in [0, 0.1) is 5.82 Å². The minimum absolute atomic E-state index is 0.0971. The lowest BCUT2D eigenvalue weighted by molar-refractivity contribution is 0.628.